The van der Waals surface area contributed by atoms with Crippen LogP contribution in [0.15, 0.2) is 47.4 Å². The van der Waals surface area contributed by atoms with Gasteiger partial charge in [-0.1, -0.05) is 24.6 Å². The number of piperidine rings is 1. The summed E-state index contributed by atoms with van der Waals surface area (Å²) in [5.41, 5.74) is 4.47. The number of hydrogen-bond donors (Lipinski definition) is 0. The van der Waals surface area contributed by atoms with E-state index in [1.54, 1.807) is 0 Å². The van der Waals surface area contributed by atoms with Crippen LogP contribution in [0, 0.1) is 0 Å². The summed E-state index contributed by atoms with van der Waals surface area (Å²) in [6, 6.07) is 16.7. The number of hydrogen-bond acceptors (Lipinski definition) is 4. The lowest BCUT2D eigenvalue weighted by atomic mass is 9.81. The van der Waals surface area contributed by atoms with Crippen LogP contribution in [-0.4, -0.2) is 55.4 Å². The fourth-order valence-electron chi connectivity index (χ4n) is 5.76. The molecule has 0 radical (unpaired) electrons. The summed E-state index contributed by atoms with van der Waals surface area (Å²) in [4.78, 5) is 6.64. The van der Waals surface area contributed by atoms with Gasteiger partial charge >= 0.3 is 0 Å². The normalized spacial score (nSPS) is 24.0. The Morgan fingerprint density at radius 3 is 2.58 bits per heavy atom. The second-order valence-corrected chi connectivity index (χ2v) is 10.3. The standard InChI is InChI=1S/C27H36N2OS/c1-31-23-11-8-21(9-12-23)26-20-29-17-5-7-27(29)25-19-22(10-13-24(25)26)30-18-6-16-28-14-3-2-4-15-28/h8-13,19,26-27H,2-7,14-18,20H2,1H3/t26-,27-/m1/s1. The van der Waals surface area contributed by atoms with Crippen molar-refractivity contribution in [2.24, 2.45) is 0 Å². The molecule has 0 aliphatic carbocycles. The predicted octanol–water partition coefficient (Wildman–Crippen LogP) is 5.95. The van der Waals surface area contributed by atoms with Crippen LogP contribution in [0.4, 0.5) is 0 Å². The third kappa shape index (κ3) is 4.81. The van der Waals surface area contributed by atoms with Crippen molar-refractivity contribution in [1.82, 2.24) is 9.80 Å². The predicted molar refractivity (Wildman–Crippen MR) is 130 cm³/mol. The Bertz CT molecular complexity index is 862. The fourth-order valence-corrected chi connectivity index (χ4v) is 6.17. The molecule has 5 rings (SSSR count). The quantitative estimate of drug-likeness (QED) is 0.394. The highest BCUT2D eigenvalue weighted by Crippen LogP contribution is 2.45. The smallest absolute Gasteiger partial charge is 0.119 e. The lowest BCUT2D eigenvalue weighted by Gasteiger charge is -2.37. The molecular weight excluding hydrogens is 400 g/mol. The minimum absolute atomic E-state index is 0.466. The van der Waals surface area contributed by atoms with E-state index in [-0.39, 0.29) is 0 Å². The number of nitrogens with zero attached hydrogens (tertiary/aromatic N) is 2. The summed E-state index contributed by atoms with van der Waals surface area (Å²) in [6.07, 6.45) is 10.00. The van der Waals surface area contributed by atoms with Crippen molar-refractivity contribution in [2.75, 3.05) is 45.6 Å². The molecule has 166 valence electrons. The second kappa shape index (κ2) is 9.97. The van der Waals surface area contributed by atoms with Gasteiger partial charge in [0.15, 0.2) is 0 Å². The Kier molecular flexibility index (Phi) is 6.87. The van der Waals surface area contributed by atoms with Gasteiger partial charge in [0.05, 0.1) is 6.61 Å². The van der Waals surface area contributed by atoms with Gasteiger partial charge in [-0.2, -0.15) is 0 Å². The largest absolute Gasteiger partial charge is 0.494 e. The van der Waals surface area contributed by atoms with Crippen molar-refractivity contribution < 1.29 is 4.74 Å². The Morgan fingerprint density at radius 1 is 0.935 bits per heavy atom. The number of fused-ring (bicyclic) bond motifs is 3. The second-order valence-electron chi connectivity index (χ2n) is 9.37. The molecule has 2 fully saturated rings. The van der Waals surface area contributed by atoms with Crippen LogP contribution in [-0.2, 0) is 0 Å². The number of likely N-dealkylation sites (tertiary alicyclic amines) is 1. The zero-order valence-electron chi connectivity index (χ0n) is 18.9. The number of ether oxygens (including phenoxy) is 1. The Hall–Kier alpha value is -1.49. The van der Waals surface area contributed by atoms with Crippen molar-refractivity contribution >= 4 is 11.8 Å². The van der Waals surface area contributed by atoms with Crippen LogP contribution >= 0.6 is 11.8 Å². The van der Waals surface area contributed by atoms with Crippen molar-refractivity contribution in [1.29, 1.82) is 0 Å². The van der Waals surface area contributed by atoms with E-state index in [1.165, 1.54) is 79.9 Å². The number of rotatable bonds is 7. The average molecular weight is 437 g/mol. The third-order valence-electron chi connectivity index (χ3n) is 7.43. The molecule has 4 heteroatoms. The lowest BCUT2D eigenvalue weighted by Crippen LogP contribution is -2.34. The molecule has 0 N–H and O–H groups in total. The van der Waals surface area contributed by atoms with E-state index in [0.29, 0.717) is 12.0 Å². The molecule has 2 atom stereocenters. The van der Waals surface area contributed by atoms with Gasteiger partial charge in [0.1, 0.15) is 5.75 Å². The molecule has 3 aliphatic heterocycles. The Labute approximate surface area is 192 Å². The van der Waals surface area contributed by atoms with E-state index in [0.717, 1.165) is 25.3 Å². The van der Waals surface area contributed by atoms with Crippen LogP contribution in [0.2, 0.25) is 0 Å². The molecule has 0 bridgehead atoms. The zero-order chi connectivity index (χ0) is 21.0. The number of thioether (sulfide) groups is 1. The minimum atomic E-state index is 0.466. The first-order chi connectivity index (χ1) is 15.3. The first-order valence-electron chi connectivity index (χ1n) is 12.2. The van der Waals surface area contributed by atoms with Gasteiger partial charge in [-0.05, 0) is 98.9 Å². The highest BCUT2D eigenvalue weighted by atomic mass is 32.2. The van der Waals surface area contributed by atoms with E-state index in [2.05, 4.69) is 58.5 Å². The maximum Gasteiger partial charge on any atom is 0.119 e. The zero-order valence-corrected chi connectivity index (χ0v) is 19.7. The van der Waals surface area contributed by atoms with Gasteiger partial charge in [0.25, 0.3) is 0 Å². The van der Waals surface area contributed by atoms with Gasteiger partial charge in [0, 0.05) is 29.9 Å². The van der Waals surface area contributed by atoms with Gasteiger partial charge in [-0.25, -0.2) is 0 Å². The molecule has 2 aromatic rings. The van der Waals surface area contributed by atoms with Gasteiger partial charge in [-0.3, -0.25) is 4.90 Å². The molecule has 0 aromatic heterocycles. The van der Waals surface area contributed by atoms with Gasteiger partial charge in [-0.15, -0.1) is 11.8 Å². The van der Waals surface area contributed by atoms with Crippen LogP contribution in [0.3, 0.4) is 0 Å². The first-order valence-corrected chi connectivity index (χ1v) is 13.4. The summed E-state index contributed by atoms with van der Waals surface area (Å²) in [5.74, 6) is 1.52. The lowest BCUT2D eigenvalue weighted by molar-refractivity contribution is 0.204. The summed E-state index contributed by atoms with van der Waals surface area (Å²) < 4.78 is 6.23. The molecule has 0 spiro atoms. The Morgan fingerprint density at radius 2 is 1.77 bits per heavy atom. The fraction of sp³-hybridized carbons (Fsp3) is 0.556. The molecule has 0 amide bonds. The van der Waals surface area contributed by atoms with Crippen LogP contribution in [0.5, 0.6) is 5.75 Å². The molecule has 31 heavy (non-hydrogen) atoms. The Balaban J connectivity index is 1.29. The van der Waals surface area contributed by atoms with Crippen LogP contribution in [0.25, 0.3) is 0 Å². The van der Waals surface area contributed by atoms with Crippen molar-refractivity contribution in [3.8, 4) is 5.75 Å². The van der Waals surface area contributed by atoms with Gasteiger partial charge in [0.2, 0.25) is 0 Å². The van der Waals surface area contributed by atoms with Crippen LogP contribution < -0.4 is 4.74 Å². The molecule has 0 unspecified atom stereocenters. The molecule has 3 nitrogen and oxygen atoms in total. The highest BCUT2D eigenvalue weighted by molar-refractivity contribution is 7.98. The summed E-state index contributed by atoms with van der Waals surface area (Å²) in [7, 11) is 0. The van der Waals surface area contributed by atoms with E-state index >= 15 is 0 Å². The molecule has 3 heterocycles. The summed E-state index contributed by atoms with van der Waals surface area (Å²) in [6.45, 7) is 6.92. The topological polar surface area (TPSA) is 15.7 Å². The van der Waals surface area contributed by atoms with Crippen LogP contribution in [0.1, 0.15) is 67.2 Å². The van der Waals surface area contributed by atoms with Crippen molar-refractivity contribution in [3.63, 3.8) is 0 Å². The molecular formula is C27H36N2OS. The van der Waals surface area contributed by atoms with Crippen molar-refractivity contribution in [2.45, 2.75) is 55.4 Å². The van der Waals surface area contributed by atoms with Gasteiger partial charge < -0.3 is 9.64 Å². The summed E-state index contributed by atoms with van der Waals surface area (Å²) in [5, 5.41) is 0. The molecule has 3 aliphatic rings. The maximum atomic E-state index is 6.23. The van der Waals surface area contributed by atoms with E-state index in [4.69, 9.17) is 4.74 Å². The number of benzene rings is 2. The highest BCUT2D eigenvalue weighted by Gasteiger charge is 2.36. The maximum absolute atomic E-state index is 6.23. The molecule has 0 saturated carbocycles. The summed E-state index contributed by atoms with van der Waals surface area (Å²) >= 11 is 1.82. The minimum Gasteiger partial charge on any atom is -0.494 e. The monoisotopic (exact) mass is 436 g/mol. The van der Waals surface area contributed by atoms with E-state index < -0.39 is 0 Å². The molecule has 2 aromatic carbocycles. The first kappa shape index (κ1) is 21.4. The van der Waals surface area contributed by atoms with Crippen molar-refractivity contribution in [3.05, 3.63) is 59.2 Å². The molecule has 2 saturated heterocycles. The SMILES string of the molecule is CSc1ccc([C@H]2CN3CCC[C@@H]3c3cc(OCCCN4CCCCC4)ccc32)cc1. The van der Waals surface area contributed by atoms with E-state index in [9.17, 15) is 0 Å². The average Bonchev–Trinajstić information content (AvgIpc) is 3.31. The van der Waals surface area contributed by atoms with E-state index in [1.807, 2.05) is 11.8 Å². The third-order valence-corrected chi connectivity index (χ3v) is 8.17.